The fourth-order valence-electron chi connectivity index (χ4n) is 3.49. The lowest BCUT2D eigenvalue weighted by molar-refractivity contribution is -0.121. The number of rotatable bonds is 5. The number of amides is 1. The Morgan fingerprint density at radius 1 is 1.19 bits per heavy atom. The lowest BCUT2D eigenvalue weighted by atomic mass is 9.96. The Bertz CT molecular complexity index is 804. The van der Waals surface area contributed by atoms with Crippen molar-refractivity contribution in [1.29, 1.82) is 0 Å². The summed E-state index contributed by atoms with van der Waals surface area (Å²) in [4.78, 5) is 26.9. The van der Waals surface area contributed by atoms with Crippen LogP contribution in [0.15, 0.2) is 48.5 Å². The van der Waals surface area contributed by atoms with Crippen LogP contribution in [0.2, 0.25) is 0 Å². The fourth-order valence-corrected chi connectivity index (χ4v) is 3.49. The number of esters is 1. The van der Waals surface area contributed by atoms with Gasteiger partial charge in [0.2, 0.25) is 5.91 Å². The number of hydrogen-bond acceptors (Lipinski definition) is 4. The molecule has 1 heterocycles. The molecule has 3 rings (SSSR count). The Labute approximate surface area is 160 Å². The van der Waals surface area contributed by atoms with Gasteiger partial charge in [-0.15, -0.1) is 0 Å². The molecule has 1 amide bonds. The van der Waals surface area contributed by atoms with Gasteiger partial charge in [-0.1, -0.05) is 36.4 Å². The zero-order chi connectivity index (χ0) is 19.2. The number of hydrogen-bond donors (Lipinski definition) is 1. The normalized spacial score (nSPS) is 17.3. The quantitative estimate of drug-likeness (QED) is 0.821. The Hall–Kier alpha value is -2.66. The average molecular weight is 366 g/mol. The van der Waals surface area contributed by atoms with E-state index in [1.54, 1.807) is 12.1 Å². The van der Waals surface area contributed by atoms with Crippen LogP contribution in [0.3, 0.4) is 0 Å². The van der Waals surface area contributed by atoms with Crippen molar-refractivity contribution in [2.24, 2.45) is 5.92 Å². The highest BCUT2D eigenvalue weighted by Gasteiger charge is 2.26. The Kier molecular flexibility index (Phi) is 6.24. The number of ether oxygens (including phenoxy) is 1. The molecule has 0 spiro atoms. The van der Waals surface area contributed by atoms with Gasteiger partial charge in [-0.05, 0) is 49.6 Å². The zero-order valence-electron chi connectivity index (χ0n) is 15.9. The Morgan fingerprint density at radius 2 is 1.96 bits per heavy atom. The molecule has 0 aromatic heterocycles. The molecule has 1 unspecified atom stereocenters. The molecule has 5 heteroatoms. The molecule has 0 aliphatic carbocycles. The standard InChI is InChI=1S/C22H26N2O3/c1-16-10-11-18(22(26)27-2)13-20(16)23-21(25)19-9-6-12-24(15-19)14-17-7-4-3-5-8-17/h3-5,7-8,10-11,13,19H,6,9,12,14-15H2,1-2H3,(H,23,25). The van der Waals surface area contributed by atoms with Crippen molar-refractivity contribution in [2.75, 3.05) is 25.5 Å². The maximum Gasteiger partial charge on any atom is 0.337 e. The van der Waals surface area contributed by atoms with E-state index in [1.165, 1.54) is 12.7 Å². The highest BCUT2D eigenvalue weighted by atomic mass is 16.5. The topological polar surface area (TPSA) is 58.6 Å². The highest BCUT2D eigenvalue weighted by Crippen LogP contribution is 2.23. The summed E-state index contributed by atoms with van der Waals surface area (Å²) in [5.74, 6) is -0.446. The van der Waals surface area contributed by atoms with Gasteiger partial charge in [-0.25, -0.2) is 4.79 Å². The molecule has 142 valence electrons. The van der Waals surface area contributed by atoms with Crippen LogP contribution < -0.4 is 5.32 Å². The molecule has 1 atom stereocenters. The second-order valence-electron chi connectivity index (χ2n) is 7.07. The molecule has 2 aromatic rings. The number of nitrogens with zero attached hydrogens (tertiary/aromatic N) is 1. The first-order valence-electron chi connectivity index (χ1n) is 9.33. The minimum atomic E-state index is -0.405. The van der Waals surface area contributed by atoms with E-state index in [-0.39, 0.29) is 11.8 Å². The van der Waals surface area contributed by atoms with Crippen molar-refractivity contribution >= 4 is 17.6 Å². The molecule has 2 aromatic carbocycles. The molecule has 1 aliphatic rings. The number of carbonyl (C=O) groups excluding carboxylic acids is 2. The summed E-state index contributed by atoms with van der Waals surface area (Å²) in [5.41, 5.74) is 3.30. The molecule has 1 aliphatic heterocycles. The molecule has 1 N–H and O–H groups in total. The Morgan fingerprint density at radius 3 is 2.70 bits per heavy atom. The third-order valence-electron chi connectivity index (χ3n) is 5.04. The van der Waals surface area contributed by atoms with Crippen LogP contribution in [-0.4, -0.2) is 37.0 Å². The summed E-state index contributed by atoms with van der Waals surface area (Å²) in [7, 11) is 1.35. The minimum absolute atomic E-state index is 0.0119. The predicted octanol–water partition coefficient (Wildman–Crippen LogP) is 3.63. The third-order valence-corrected chi connectivity index (χ3v) is 5.04. The highest BCUT2D eigenvalue weighted by molar-refractivity contribution is 5.96. The largest absolute Gasteiger partial charge is 0.465 e. The summed E-state index contributed by atoms with van der Waals surface area (Å²) in [5, 5.41) is 3.01. The second kappa shape index (κ2) is 8.82. The maximum atomic E-state index is 12.8. The number of carbonyl (C=O) groups is 2. The SMILES string of the molecule is COC(=O)c1ccc(C)c(NC(=O)C2CCCN(Cc3ccccc3)C2)c1. The summed E-state index contributed by atoms with van der Waals surface area (Å²) in [6.45, 7) is 4.53. The molecule has 0 bridgehead atoms. The minimum Gasteiger partial charge on any atom is -0.465 e. The summed E-state index contributed by atoms with van der Waals surface area (Å²) in [6.07, 6.45) is 1.89. The number of aryl methyl sites for hydroxylation is 1. The third kappa shape index (κ3) is 4.95. The zero-order valence-corrected chi connectivity index (χ0v) is 15.9. The van der Waals surface area contributed by atoms with Crippen LogP contribution in [0, 0.1) is 12.8 Å². The van der Waals surface area contributed by atoms with Crippen LogP contribution in [0.1, 0.15) is 34.3 Å². The number of piperidine rings is 1. The molecular formula is C22H26N2O3. The van der Waals surface area contributed by atoms with E-state index in [0.29, 0.717) is 11.3 Å². The number of anilines is 1. The van der Waals surface area contributed by atoms with E-state index >= 15 is 0 Å². The van der Waals surface area contributed by atoms with E-state index in [1.807, 2.05) is 31.2 Å². The van der Waals surface area contributed by atoms with Crippen LogP contribution in [0.25, 0.3) is 0 Å². The van der Waals surface area contributed by atoms with Gasteiger partial charge < -0.3 is 10.1 Å². The van der Waals surface area contributed by atoms with Crippen molar-refractivity contribution < 1.29 is 14.3 Å². The van der Waals surface area contributed by atoms with E-state index < -0.39 is 5.97 Å². The van der Waals surface area contributed by atoms with Gasteiger partial charge in [-0.2, -0.15) is 0 Å². The first-order chi connectivity index (χ1) is 13.1. The molecule has 5 nitrogen and oxygen atoms in total. The lowest BCUT2D eigenvalue weighted by Gasteiger charge is -2.32. The smallest absolute Gasteiger partial charge is 0.337 e. The first kappa shape index (κ1) is 19.1. The lowest BCUT2D eigenvalue weighted by Crippen LogP contribution is -2.40. The molecular weight excluding hydrogens is 340 g/mol. The summed E-state index contributed by atoms with van der Waals surface area (Å²) < 4.78 is 4.76. The summed E-state index contributed by atoms with van der Waals surface area (Å²) >= 11 is 0. The van der Waals surface area contributed by atoms with Crippen molar-refractivity contribution in [3.8, 4) is 0 Å². The molecule has 1 fully saturated rings. The average Bonchev–Trinajstić information content (AvgIpc) is 2.70. The summed E-state index contributed by atoms with van der Waals surface area (Å²) in [6, 6.07) is 15.5. The van der Waals surface area contributed by atoms with Crippen molar-refractivity contribution in [1.82, 2.24) is 4.90 Å². The predicted molar refractivity (Wildman–Crippen MR) is 106 cm³/mol. The van der Waals surface area contributed by atoms with E-state index in [0.717, 1.165) is 38.0 Å². The Balaban J connectivity index is 1.64. The fraction of sp³-hybridized carbons (Fsp3) is 0.364. The molecule has 0 saturated carbocycles. The monoisotopic (exact) mass is 366 g/mol. The van der Waals surface area contributed by atoms with Crippen LogP contribution in [0.4, 0.5) is 5.69 Å². The number of nitrogens with one attached hydrogen (secondary N) is 1. The number of methoxy groups -OCH3 is 1. The van der Waals surface area contributed by atoms with Gasteiger partial charge in [0.1, 0.15) is 0 Å². The van der Waals surface area contributed by atoms with Gasteiger partial charge in [0.15, 0.2) is 0 Å². The van der Waals surface area contributed by atoms with Crippen LogP contribution >= 0.6 is 0 Å². The number of likely N-dealkylation sites (tertiary alicyclic amines) is 1. The maximum absolute atomic E-state index is 12.8. The van der Waals surface area contributed by atoms with Gasteiger partial charge >= 0.3 is 5.97 Å². The van der Waals surface area contributed by atoms with Gasteiger partial charge in [0, 0.05) is 18.8 Å². The molecule has 0 radical (unpaired) electrons. The van der Waals surface area contributed by atoms with Crippen LogP contribution in [0.5, 0.6) is 0 Å². The van der Waals surface area contributed by atoms with Crippen molar-refractivity contribution in [2.45, 2.75) is 26.3 Å². The van der Waals surface area contributed by atoms with Crippen molar-refractivity contribution in [3.63, 3.8) is 0 Å². The first-order valence-corrected chi connectivity index (χ1v) is 9.33. The van der Waals surface area contributed by atoms with Crippen molar-refractivity contribution in [3.05, 3.63) is 65.2 Å². The van der Waals surface area contributed by atoms with E-state index in [2.05, 4.69) is 22.3 Å². The molecule has 27 heavy (non-hydrogen) atoms. The van der Waals surface area contributed by atoms with E-state index in [9.17, 15) is 9.59 Å². The van der Waals surface area contributed by atoms with Gasteiger partial charge in [-0.3, -0.25) is 9.69 Å². The second-order valence-corrected chi connectivity index (χ2v) is 7.07. The molecule has 1 saturated heterocycles. The van der Waals surface area contributed by atoms with Crippen LogP contribution in [-0.2, 0) is 16.1 Å². The van der Waals surface area contributed by atoms with E-state index in [4.69, 9.17) is 4.74 Å². The van der Waals surface area contributed by atoms with Gasteiger partial charge in [0.05, 0.1) is 18.6 Å². The van der Waals surface area contributed by atoms with Gasteiger partial charge in [0.25, 0.3) is 0 Å². The number of benzene rings is 2.